The van der Waals surface area contributed by atoms with E-state index in [2.05, 4.69) is 4.98 Å². The lowest BCUT2D eigenvalue weighted by molar-refractivity contribution is 0.276. The molecule has 0 radical (unpaired) electrons. The second kappa shape index (κ2) is 5.44. The van der Waals surface area contributed by atoms with Crippen molar-refractivity contribution in [2.75, 3.05) is 11.9 Å². The Morgan fingerprint density at radius 1 is 1.40 bits per heavy atom. The number of anilines is 1. The molecule has 2 aromatic heterocycles. The summed E-state index contributed by atoms with van der Waals surface area (Å²) in [5.41, 5.74) is 1.84. The first-order valence-corrected chi connectivity index (χ1v) is 7.46. The summed E-state index contributed by atoms with van der Waals surface area (Å²) in [6.07, 6.45) is 1.92. The molecule has 0 aliphatic heterocycles. The van der Waals surface area contributed by atoms with Crippen LogP contribution in [0.3, 0.4) is 0 Å². The zero-order valence-corrected chi connectivity index (χ0v) is 12.5. The summed E-state index contributed by atoms with van der Waals surface area (Å²) in [6, 6.07) is 7.75. The Balaban J connectivity index is 1.94. The molecule has 0 bridgehead atoms. The summed E-state index contributed by atoms with van der Waals surface area (Å²) in [5, 5.41) is 12.3. The molecular weight excluding hydrogens is 294 g/mol. The van der Waals surface area contributed by atoms with Crippen molar-refractivity contribution in [3.8, 4) is 0 Å². The van der Waals surface area contributed by atoms with E-state index in [9.17, 15) is 5.11 Å². The van der Waals surface area contributed by atoms with Gasteiger partial charge in [0.15, 0.2) is 10.8 Å². The smallest absolute Gasteiger partial charge is 0.195 e. The molecule has 0 amide bonds. The van der Waals surface area contributed by atoms with E-state index in [4.69, 9.17) is 11.6 Å². The number of hydrogen-bond acceptors (Lipinski definition) is 4. The summed E-state index contributed by atoms with van der Waals surface area (Å²) in [4.78, 5) is 7.46. The van der Waals surface area contributed by atoms with Gasteiger partial charge in [0.2, 0.25) is 0 Å². The van der Waals surface area contributed by atoms with Gasteiger partial charge in [-0.3, -0.25) is 4.40 Å². The lowest BCUT2D eigenvalue weighted by Crippen LogP contribution is -2.18. The van der Waals surface area contributed by atoms with Crippen LogP contribution in [0, 0.1) is 0 Å². The summed E-state index contributed by atoms with van der Waals surface area (Å²) in [6.45, 7) is 0.609. The van der Waals surface area contributed by atoms with E-state index in [-0.39, 0.29) is 6.61 Å². The molecule has 0 unspecified atom stereocenters. The maximum absolute atomic E-state index is 9.58. The lowest BCUT2D eigenvalue weighted by Gasteiger charge is -2.18. The highest BCUT2D eigenvalue weighted by atomic mass is 35.5. The van der Waals surface area contributed by atoms with Crippen LogP contribution in [0.4, 0.5) is 5.82 Å². The Bertz CT molecular complexity index is 737. The quantitative estimate of drug-likeness (QED) is 0.805. The fourth-order valence-electron chi connectivity index (χ4n) is 2.23. The number of fused-ring (bicyclic) bond motifs is 1. The monoisotopic (exact) mass is 307 g/mol. The van der Waals surface area contributed by atoms with Crippen LogP contribution in [0.2, 0.25) is 5.02 Å². The van der Waals surface area contributed by atoms with Gasteiger partial charge >= 0.3 is 0 Å². The maximum atomic E-state index is 9.58. The second-order valence-electron chi connectivity index (χ2n) is 4.54. The van der Waals surface area contributed by atoms with Crippen molar-refractivity contribution < 1.29 is 5.11 Å². The largest absolute Gasteiger partial charge is 0.390 e. The molecule has 2 heterocycles. The Morgan fingerprint density at radius 2 is 2.20 bits per heavy atom. The van der Waals surface area contributed by atoms with Crippen molar-refractivity contribution in [2.45, 2.75) is 13.2 Å². The molecule has 104 valence electrons. The van der Waals surface area contributed by atoms with Crippen LogP contribution in [0.5, 0.6) is 0 Å². The average molecular weight is 308 g/mol. The standard InChI is InChI=1S/C14H14ClN3OS/c1-17(8-10-4-2-3-5-11(10)15)13-12(9-19)18-6-7-20-14(18)16-13/h2-7,19H,8-9H2,1H3. The Kier molecular flexibility index (Phi) is 3.65. The molecule has 3 aromatic rings. The highest BCUT2D eigenvalue weighted by Gasteiger charge is 2.16. The zero-order valence-electron chi connectivity index (χ0n) is 11.0. The van der Waals surface area contributed by atoms with Crippen molar-refractivity contribution in [3.05, 3.63) is 52.1 Å². The van der Waals surface area contributed by atoms with Crippen LogP contribution >= 0.6 is 22.9 Å². The van der Waals surface area contributed by atoms with Crippen LogP contribution in [0.25, 0.3) is 4.96 Å². The van der Waals surface area contributed by atoms with Gasteiger partial charge in [-0.25, -0.2) is 4.98 Å². The molecule has 0 aliphatic rings. The van der Waals surface area contributed by atoms with E-state index >= 15 is 0 Å². The van der Waals surface area contributed by atoms with E-state index in [1.54, 1.807) is 11.3 Å². The number of thiazole rings is 1. The van der Waals surface area contributed by atoms with Gasteiger partial charge in [-0.2, -0.15) is 0 Å². The van der Waals surface area contributed by atoms with Crippen LogP contribution in [-0.4, -0.2) is 21.5 Å². The summed E-state index contributed by atoms with van der Waals surface area (Å²) in [5.74, 6) is 0.791. The van der Waals surface area contributed by atoms with Crippen molar-refractivity contribution >= 4 is 33.7 Å². The average Bonchev–Trinajstić information content (AvgIpc) is 3.01. The molecular formula is C14H14ClN3OS. The van der Waals surface area contributed by atoms with Gasteiger partial charge in [-0.15, -0.1) is 11.3 Å². The molecule has 20 heavy (non-hydrogen) atoms. The fraction of sp³-hybridized carbons (Fsp3) is 0.214. The number of nitrogens with zero attached hydrogens (tertiary/aromatic N) is 3. The maximum Gasteiger partial charge on any atom is 0.195 e. The van der Waals surface area contributed by atoms with Crippen molar-refractivity contribution in [2.24, 2.45) is 0 Å². The predicted molar refractivity (Wildman–Crippen MR) is 82.6 cm³/mol. The van der Waals surface area contributed by atoms with Gasteiger partial charge in [0, 0.05) is 30.2 Å². The molecule has 0 spiro atoms. The van der Waals surface area contributed by atoms with E-state index in [1.807, 2.05) is 52.2 Å². The third kappa shape index (κ3) is 2.28. The van der Waals surface area contributed by atoms with E-state index in [0.29, 0.717) is 6.54 Å². The topological polar surface area (TPSA) is 40.8 Å². The Hall–Kier alpha value is -1.56. The first-order valence-electron chi connectivity index (χ1n) is 6.20. The first kappa shape index (κ1) is 13.4. The molecule has 0 atom stereocenters. The summed E-state index contributed by atoms with van der Waals surface area (Å²) in [7, 11) is 1.95. The number of halogens is 1. The minimum absolute atomic E-state index is 0.0416. The van der Waals surface area contributed by atoms with E-state index in [1.165, 1.54) is 0 Å². The zero-order chi connectivity index (χ0) is 14.1. The van der Waals surface area contributed by atoms with Gasteiger partial charge < -0.3 is 10.0 Å². The molecule has 0 saturated heterocycles. The Morgan fingerprint density at radius 3 is 2.95 bits per heavy atom. The molecule has 1 aromatic carbocycles. The number of hydrogen-bond donors (Lipinski definition) is 1. The lowest BCUT2D eigenvalue weighted by atomic mass is 10.2. The predicted octanol–water partition coefficient (Wildman–Crippen LogP) is 3.18. The van der Waals surface area contributed by atoms with Gasteiger partial charge in [0.1, 0.15) is 0 Å². The SMILES string of the molecule is CN(Cc1ccccc1Cl)c1nc2sccn2c1CO. The van der Waals surface area contributed by atoms with Crippen molar-refractivity contribution in [1.29, 1.82) is 0 Å². The number of benzene rings is 1. The van der Waals surface area contributed by atoms with Crippen LogP contribution < -0.4 is 4.90 Å². The number of imidazole rings is 1. The number of aliphatic hydroxyl groups is 1. The Labute approximate surface area is 125 Å². The number of aliphatic hydroxyl groups excluding tert-OH is 1. The van der Waals surface area contributed by atoms with Gasteiger partial charge in [-0.05, 0) is 11.6 Å². The second-order valence-corrected chi connectivity index (χ2v) is 5.82. The molecule has 4 nitrogen and oxygen atoms in total. The van der Waals surface area contributed by atoms with Gasteiger partial charge in [0.05, 0.1) is 12.3 Å². The molecule has 0 aliphatic carbocycles. The van der Waals surface area contributed by atoms with Crippen LogP contribution in [-0.2, 0) is 13.2 Å². The fourth-order valence-corrected chi connectivity index (χ4v) is 3.15. The normalized spacial score (nSPS) is 11.2. The van der Waals surface area contributed by atoms with Gasteiger partial charge in [0.25, 0.3) is 0 Å². The van der Waals surface area contributed by atoms with Crippen LogP contribution in [0.1, 0.15) is 11.3 Å². The highest BCUT2D eigenvalue weighted by Crippen LogP contribution is 2.26. The molecule has 6 heteroatoms. The molecule has 3 rings (SSSR count). The summed E-state index contributed by atoms with van der Waals surface area (Å²) < 4.78 is 1.92. The summed E-state index contributed by atoms with van der Waals surface area (Å²) >= 11 is 7.74. The first-order chi connectivity index (χ1) is 9.70. The van der Waals surface area contributed by atoms with E-state index < -0.39 is 0 Å². The highest BCUT2D eigenvalue weighted by molar-refractivity contribution is 7.15. The third-order valence-electron chi connectivity index (χ3n) is 3.22. The molecule has 0 saturated carbocycles. The minimum Gasteiger partial charge on any atom is -0.390 e. The molecule has 0 fully saturated rings. The minimum atomic E-state index is -0.0416. The van der Waals surface area contributed by atoms with Gasteiger partial charge in [-0.1, -0.05) is 29.8 Å². The van der Waals surface area contributed by atoms with Crippen molar-refractivity contribution in [1.82, 2.24) is 9.38 Å². The van der Waals surface area contributed by atoms with Crippen LogP contribution in [0.15, 0.2) is 35.8 Å². The third-order valence-corrected chi connectivity index (χ3v) is 4.34. The van der Waals surface area contributed by atoms with Crippen molar-refractivity contribution in [3.63, 3.8) is 0 Å². The number of aromatic nitrogens is 2. The molecule has 1 N–H and O–H groups in total. The number of rotatable bonds is 4. The van der Waals surface area contributed by atoms with E-state index in [0.717, 1.165) is 27.1 Å².